The number of carbonyl (C=O) groups excluding carboxylic acids is 3. The summed E-state index contributed by atoms with van der Waals surface area (Å²) in [7, 11) is 0. The Morgan fingerprint density at radius 2 is 1.55 bits per heavy atom. The van der Waals surface area contributed by atoms with E-state index in [2.05, 4.69) is 17.6 Å². The summed E-state index contributed by atoms with van der Waals surface area (Å²) < 4.78 is 5.79. The summed E-state index contributed by atoms with van der Waals surface area (Å²) >= 11 is 0. The molecule has 4 N–H and O–H groups in total. The molecule has 2 saturated carbocycles. The largest absolute Gasteiger partial charge is 0.460 e. The molecule has 8 nitrogen and oxygen atoms in total. The van der Waals surface area contributed by atoms with Crippen molar-refractivity contribution in [3.05, 3.63) is 0 Å². The summed E-state index contributed by atoms with van der Waals surface area (Å²) in [6, 6.07) is -0.170. The Labute approximate surface area is 242 Å². The van der Waals surface area contributed by atoms with Gasteiger partial charge >= 0.3 is 5.97 Å². The van der Waals surface area contributed by atoms with Crippen LogP contribution < -0.4 is 10.6 Å². The van der Waals surface area contributed by atoms with Gasteiger partial charge in [-0.3, -0.25) is 14.4 Å². The van der Waals surface area contributed by atoms with E-state index in [9.17, 15) is 24.6 Å². The van der Waals surface area contributed by atoms with Crippen LogP contribution >= 0.6 is 0 Å². The number of esters is 1. The number of amides is 2. The molecule has 0 aromatic carbocycles. The Morgan fingerprint density at radius 3 is 2.12 bits per heavy atom. The van der Waals surface area contributed by atoms with Crippen molar-refractivity contribution >= 4 is 17.8 Å². The first-order valence-corrected chi connectivity index (χ1v) is 16.3. The van der Waals surface area contributed by atoms with Crippen LogP contribution in [-0.2, 0) is 19.1 Å². The normalized spacial score (nSPS) is 21.2. The maximum atomic E-state index is 13.4. The number of aliphatic hydroxyl groups excluding tert-OH is 2. The highest BCUT2D eigenvalue weighted by Gasteiger charge is 2.45. The third-order valence-electron chi connectivity index (χ3n) is 9.78. The lowest BCUT2D eigenvalue weighted by atomic mass is 9.65. The average molecular weight is 567 g/mol. The van der Waals surface area contributed by atoms with Gasteiger partial charge < -0.3 is 25.6 Å². The summed E-state index contributed by atoms with van der Waals surface area (Å²) in [6.45, 7) is 5.66. The number of unbranched alkanes of at least 4 members (excludes halogenated alkanes) is 7. The second-order valence-corrected chi connectivity index (χ2v) is 12.4. The molecule has 40 heavy (non-hydrogen) atoms. The summed E-state index contributed by atoms with van der Waals surface area (Å²) in [5.74, 6) is -0.872. The number of carbonyl (C=O) groups is 3. The van der Waals surface area contributed by atoms with Crippen molar-refractivity contribution in [1.82, 2.24) is 10.6 Å². The maximum absolute atomic E-state index is 13.4. The molecule has 2 rings (SSSR count). The summed E-state index contributed by atoms with van der Waals surface area (Å²) in [4.78, 5) is 38.5. The van der Waals surface area contributed by atoms with Gasteiger partial charge in [-0.1, -0.05) is 85.0 Å². The topological polar surface area (TPSA) is 125 Å². The minimum atomic E-state index is -1.34. The van der Waals surface area contributed by atoms with Crippen molar-refractivity contribution in [2.24, 2.45) is 10.8 Å². The van der Waals surface area contributed by atoms with Crippen LogP contribution in [0.5, 0.6) is 0 Å². The van der Waals surface area contributed by atoms with E-state index in [1.165, 1.54) is 44.9 Å². The zero-order valence-electron chi connectivity index (χ0n) is 25.6. The van der Waals surface area contributed by atoms with E-state index in [0.29, 0.717) is 12.8 Å². The van der Waals surface area contributed by atoms with E-state index in [1.54, 1.807) is 0 Å². The third-order valence-corrected chi connectivity index (χ3v) is 9.78. The van der Waals surface area contributed by atoms with Gasteiger partial charge in [-0.25, -0.2) is 0 Å². The number of rotatable bonds is 20. The van der Waals surface area contributed by atoms with Gasteiger partial charge in [0.25, 0.3) is 0 Å². The molecule has 1 unspecified atom stereocenters. The molecule has 0 spiro atoms. The van der Waals surface area contributed by atoms with E-state index < -0.39 is 23.4 Å². The SMILES string of the molecule is CCCCCCCCCCC1(C(=O)N[C@H]2CCCC[C@@H]2OC(=O)CCNC(=O)C(O)C(CC)(CC)CO)CCC1. The van der Waals surface area contributed by atoms with E-state index >= 15 is 0 Å². The van der Waals surface area contributed by atoms with Gasteiger partial charge in [0.15, 0.2) is 0 Å². The van der Waals surface area contributed by atoms with Crippen LogP contribution in [-0.4, -0.2) is 59.4 Å². The summed E-state index contributed by atoms with van der Waals surface area (Å²) in [5.41, 5.74) is -1.13. The van der Waals surface area contributed by atoms with Gasteiger partial charge in [0.05, 0.1) is 19.1 Å². The Hall–Kier alpha value is -1.67. The predicted molar refractivity (Wildman–Crippen MR) is 158 cm³/mol. The molecule has 3 atom stereocenters. The van der Waals surface area contributed by atoms with Gasteiger partial charge in [0.2, 0.25) is 11.8 Å². The Morgan fingerprint density at radius 1 is 0.925 bits per heavy atom. The third kappa shape index (κ3) is 10.0. The summed E-state index contributed by atoms with van der Waals surface area (Å²) in [6.07, 6.45) is 16.7. The first-order valence-electron chi connectivity index (χ1n) is 16.3. The number of ether oxygens (including phenoxy) is 1. The number of hydrogen-bond donors (Lipinski definition) is 4. The highest BCUT2D eigenvalue weighted by molar-refractivity contribution is 5.84. The molecule has 0 aromatic heterocycles. The molecule has 2 fully saturated rings. The molecule has 2 amide bonds. The van der Waals surface area contributed by atoms with Crippen molar-refractivity contribution in [2.75, 3.05) is 13.2 Å². The van der Waals surface area contributed by atoms with Gasteiger partial charge in [-0.05, 0) is 51.4 Å². The first kappa shape index (κ1) is 34.5. The van der Waals surface area contributed by atoms with E-state index in [-0.39, 0.29) is 43.0 Å². The fourth-order valence-corrected chi connectivity index (χ4v) is 6.35. The molecule has 0 heterocycles. The fourth-order valence-electron chi connectivity index (χ4n) is 6.35. The van der Waals surface area contributed by atoms with Crippen LogP contribution in [0.25, 0.3) is 0 Å². The van der Waals surface area contributed by atoms with Crippen molar-refractivity contribution in [3.8, 4) is 0 Å². The maximum Gasteiger partial charge on any atom is 0.307 e. The lowest BCUT2D eigenvalue weighted by molar-refractivity contribution is -0.154. The predicted octanol–water partition coefficient (Wildman–Crippen LogP) is 5.32. The number of hydrogen-bond acceptors (Lipinski definition) is 6. The molecule has 2 aliphatic carbocycles. The Balaban J connectivity index is 1.77. The standard InChI is InChI=1S/C32H58N2O6/c1-4-7-8-9-10-11-12-15-20-32(21-16-22-32)30(39)34-25-17-13-14-18-26(25)40-27(36)19-23-33-29(38)28(37)31(5-2,6-3)24-35/h25-26,28,35,37H,4-24H2,1-3H3,(H,33,38)(H,34,39)/t25-,26-,28?/m0/s1. The van der Waals surface area contributed by atoms with Crippen molar-refractivity contribution in [2.45, 2.75) is 161 Å². The van der Waals surface area contributed by atoms with Crippen LogP contribution in [0.15, 0.2) is 0 Å². The molecule has 232 valence electrons. The smallest absolute Gasteiger partial charge is 0.307 e. The number of aliphatic hydroxyl groups is 2. The van der Waals surface area contributed by atoms with Gasteiger partial charge in [0.1, 0.15) is 12.2 Å². The van der Waals surface area contributed by atoms with Crippen LogP contribution in [0.3, 0.4) is 0 Å². The second kappa shape index (κ2) is 18.0. The summed E-state index contributed by atoms with van der Waals surface area (Å²) in [5, 5.41) is 26.0. The first-order chi connectivity index (χ1) is 19.3. The Kier molecular flexibility index (Phi) is 15.5. The van der Waals surface area contributed by atoms with Gasteiger partial charge in [-0.15, -0.1) is 0 Å². The zero-order chi connectivity index (χ0) is 29.4. The molecular formula is C32H58N2O6. The number of nitrogens with one attached hydrogen (secondary N) is 2. The van der Waals surface area contributed by atoms with Crippen LogP contribution in [0, 0.1) is 10.8 Å². The van der Waals surface area contributed by atoms with Crippen LogP contribution in [0.2, 0.25) is 0 Å². The lowest BCUT2D eigenvalue weighted by Gasteiger charge is -2.42. The minimum absolute atomic E-state index is 0.0115. The van der Waals surface area contributed by atoms with E-state index in [1.807, 2.05) is 13.8 Å². The van der Waals surface area contributed by atoms with Crippen LogP contribution in [0.4, 0.5) is 0 Å². The van der Waals surface area contributed by atoms with Crippen molar-refractivity contribution < 1.29 is 29.3 Å². The highest BCUT2D eigenvalue weighted by atomic mass is 16.5. The van der Waals surface area contributed by atoms with E-state index in [4.69, 9.17) is 4.74 Å². The molecule has 0 radical (unpaired) electrons. The molecule has 0 aromatic rings. The zero-order valence-corrected chi connectivity index (χ0v) is 25.6. The molecule has 8 heteroatoms. The fraction of sp³-hybridized carbons (Fsp3) is 0.906. The van der Waals surface area contributed by atoms with Crippen LogP contribution in [0.1, 0.15) is 143 Å². The molecule has 0 bridgehead atoms. The van der Waals surface area contributed by atoms with Crippen molar-refractivity contribution in [3.63, 3.8) is 0 Å². The molecule has 0 saturated heterocycles. The molecular weight excluding hydrogens is 508 g/mol. The van der Waals surface area contributed by atoms with E-state index in [0.717, 1.165) is 57.8 Å². The second-order valence-electron chi connectivity index (χ2n) is 12.4. The quantitative estimate of drug-likeness (QED) is 0.117. The van der Waals surface area contributed by atoms with Crippen molar-refractivity contribution in [1.29, 1.82) is 0 Å². The van der Waals surface area contributed by atoms with Gasteiger partial charge in [-0.2, -0.15) is 0 Å². The lowest BCUT2D eigenvalue weighted by Crippen LogP contribution is -2.54. The van der Waals surface area contributed by atoms with Gasteiger partial charge in [0, 0.05) is 17.4 Å². The monoisotopic (exact) mass is 566 g/mol. The molecule has 0 aliphatic heterocycles. The highest BCUT2D eigenvalue weighted by Crippen LogP contribution is 2.46. The Bertz CT molecular complexity index is 756. The molecule has 2 aliphatic rings. The minimum Gasteiger partial charge on any atom is -0.460 e. The average Bonchev–Trinajstić information content (AvgIpc) is 2.93.